The second-order valence-electron chi connectivity index (χ2n) is 5.83. The molecule has 1 aliphatic carbocycles. The lowest BCUT2D eigenvalue weighted by Gasteiger charge is -2.16. The summed E-state index contributed by atoms with van der Waals surface area (Å²) < 4.78 is 0. The highest BCUT2D eigenvalue weighted by Crippen LogP contribution is 2.30. The number of ketones is 1. The predicted molar refractivity (Wildman–Crippen MR) is 82.5 cm³/mol. The van der Waals surface area contributed by atoms with Gasteiger partial charge < -0.3 is 9.90 Å². The average Bonchev–Trinajstić information content (AvgIpc) is 2.79. The van der Waals surface area contributed by atoms with Crippen molar-refractivity contribution in [3.8, 4) is 0 Å². The van der Waals surface area contributed by atoms with Crippen molar-refractivity contribution >= 4 is 11.8 Å². The van der Waals surface area contributed by atoms with Crippen LogP contribution in [0.15, 0.2) is 24.3 Å². The van der Waals surface area contributed by atoms with Gasteiger partial charge in [-0.05, 0) is 44.1 Å². The van der Waals surface area contributed by atoms with Crippen LogP contribution >= 0.6 is 0 Å². The maximum atomic E-state index is 11.8. The highest BCUT2D eigenvalue weighted by atomic mass is 16.4. The van der Waals surface area contributed by atoms with E-state index in [1.165, 1.54) is 0 Å². The highest BCUT2D eigenvalue weighted by Gasteiger charge is 2.28. The van der Waals surface area contributed by atoms with Crippen molar-refractivity contribution in [1.82, 2.24) is 0 Å². The van der Waals surface area contributed by atoms with Gasteiger partial charge in [0.25, 0.3) is 0 Å². The molecule has 2 atom stereocenters. The lowest BCUT2D eigenvalue weighted by atomic mass is 9.87. The maximum Gasteiger partial charge on any atom is 0.159 e. The molecule has 0 aromatic carbocycles. The summed E-state index contributed by atoms with van der Waals surface area (Å²) in [5.41, 5.74) is 0. The minimum atomic E-state index is -0.951. The molecular formula is C18H27O3-. The lowest BCUT2D eigenvalue weighted by molar-refractivity contribution is -0.305. The zero-order chi connectivity index (χ0) is 15.5. The molecule has 1 rings (SSSR count). The minimum absolute atomic E-state index is 0.144. The summed E-state index contributed by atoms with van der Waals surface area (Å²) >= 11 is 0. The van der Waals surface area contributed by atoms with Gasteiger partial charge in [0, 0.05) is 11.9 Å². The first-order chi connectivity index (χ1) is 10.1. The Morgan fingerprint density at radius 1 is 1.19 bits per heavy atom. The summed E-state index contributed by atoms with van der Waals surface area (Å²) in [5.74, 6) is -0.143. The fraction of sp³-hybridized carbons (Fsp3) is 0.667. The first-order valence-corrected chi connectivity index (χ1v) is 8.22. The number of hydrogen-bond donors (Lipinski definition) is 0. The second kappa shape index (κ2) is 10.4. The maximum absolute atomic E-state index is 11.8. The Morgan fingerprint density at radius 2 is 1.90 bits per heavy atom. The van der Waals surface area contributed by atoms with E-state index in [0.29, 0.717) is 12.3 Å². The van der Waals surface area contributed by atoms with E-state index >= 15 is 0 Å². The molecule has 3 heteroatoms. The fourth-order valence-electron chi connectivity index (χ4n) is 2.86. The average molecular weight is 291 g/mol. The Kier molecular flexibility index (Phi) is 8.72. The first kappa shape index (κ1) is 17.7. The van der Waals surface area contributed by atoms with Gasteiger partial charge in [-0.25, -0.2) is 0 Å². The Hall–Kier alpha value is -1.38. The number of carboxylic acid groups (broad SMARTS) is 1. The van der Waals surface area contributed by atoms with Crippen LogP contribution in [0.25, 0.3) is 0 Å². The zero-order valence-electron chi connectivity index (χ0n) is 13.1. The van der Waals surface area contributed by atoms with Crippen molar-refractivity contribution in [3.63, 3.8) is 0 Å². The smallest absolute Gasteiger partial charge is 0.159 e. The van der Waals surface area contributed by atoms with Gasteiger partial charge in [-0.1, -0.05) is 50.8 Å². The number of aliphatic carboxylic acids is 1. The number of carbonyl (C=O) groups excluding carboxylic acids is 2. The molecule has 0 bridgehead atoms. The van der Waals surface area contributed by atoms with E-state index in [0.717, 1.165) is 44.9 Å². The number of rotatable bonds is 11. The summed E-state index contributed by atoms with van der Waals surface area (Å²) in [6.45, 7) is 2.10. The van der Waals surface area contributed by atoms with E-state index in [2.05, 4.69) is 25.2 Å². The Morgan fingerprint density at radius 3 is 2.62 bits per heavy atom. The molecule has 3 nitrogen and oxygen atoms in total. The Balaban J connectivity index is 2.15. The number of carboxylic acids is 1. The van der Waals surface area contributed by atoms with Crippen LogP contribution in [-0.4, -0.2) is 11.8 Å². The van der Waals surface area contributed by atoms with Crippen LogP contribution in [0.1, 0.15) is 64.7 Å². The van der Waals surface area contributed by atoms with E-state index in [1.54, 1.807) is 6.08 Å². The van der Waals surface area contributed by atoms with Crippen LogP contribution < -0.4 is 5.11 Å². The molecule has 0 fully saturated rings. The molecule has 0 aromatic heterocycles. The van der Waals surface area contributed by atoms with Crippen molar-refractivity contribution in [2.75, 3.05) is 0 Å². The topological polar surface area (TPSA) is 57.2 Å². The predicted octanol–water partition coefficient (Wildman–Crippen LogP) is 3.19. The summed E-state index contributed by atoms with van der Waals surface area (Å²) in [6, 6.07) is 0. The molecule has 0 N–H and O–H groups in total. The number of carbonyl (C=O) groups is 2. The van der Waals surface area contributed by atoms with E-state index in [-0.39, 0.29) is 18.1 Å². The minimum Gasteiger partial charge on any atom is -0.550 e. The largest absolute Gasteiger partial charge is 0.550 e. The van der Waals surface area contributed by atoms with Crippen LogP contribution in [0, 0.1) is 11.8 Å². The molecule has 0 saturated carbocycles. The van der Waals surface area contributed by atoms with Crippen LogP contribution in [0.4, 0.5) is 0 Å². The van der Waals surface area contributed by atoms with Gasteiger partial charge in [0.15, 0.2) is 5.78 Å². The number of allylic oxidation sites excluding steroid dienone is 4. The molecule has 1 aliphatic rings. The Bertz CT molecular complexity index is 382. The van der Waals surface area contributed by atoms with Crippen molar-refractivity contribution in [2.24, 2.45) is 11.8 Å². The van der Waals surface area contributed by atoms with E-state index in [9.17, 15) is 14.7 Å². The highest BCUT2D eigenvalue weighted by molar-refractivity contribution is 5.94. The zero-order valence-corrected chi connectivity index (χ0v) is 13.1. The molecule has 0 aliphatic heterocycles. The van der Waals surface area contributed by atoms with Crippen LogP contribution in [0.5, 0.6) is 0 Å². The molecule has 21 heavy (non-hydrogen) atoms. The third kappa shape index (κ3) is 7.26. The van der Waals surface area contributed by atoms with E-state index in [1.807, 2.05) is 0 Å². The molecule has 0 saturated heterocycles. The van der Waals surface area contributed by atoms with Gasteiger partial charge in [-0.3, -0.25) is 4.79 Å². The van der Waals surface area contributed by atoms with Crippen LogP contribution in [-0.2, 0) is 9.59 Å². The molecule has 0 radical (unpaired) electrons. The van der Waals surface area contributed by atoms with Gasteiger partial charge in [0.2, 0.25) is 0 Å². The van der Waals surface area contributed by atoms with E-state index in [4.69, 9.17) is 0 Å². The van der Waals surface area contributed by atoms with Crippen molar-refractivity contribution in [1.29, 1.82) is 0 Å². The summed E-state index contributed by atoms with van der Waals surface area (Å²) in [6.07, 6.45) is 16.1. The van der Waals surface area contributed by atoms with Gasteiger partial charge in [0.05, 0.1) is 0 Å². The molecule has 118 valence electrons. The number of hydrogen-bond acceptors (Lipinski definition) is 3. The molecule has 0 aromatic rings. The van der Waals surface area contributed by atoms with Crippen molar-refractivity contribution in [3.05, 3.63) is 24.3 Å². The third-order valence-corrected chi connectivity index (χ3v) is 4.10. The summed E-state index contributed by atoms with van der Waals surface area (Å²) in [5, 5.41) is 10.3. The van der Waals surface area contributed by atoms with Crippen molar-refractivity contribution < 1.29 is 14.7 Å². The van der Waals surface area contributed by atoms with Crippen LogP contribution in [0.2, 0.25) is 0 Å². The van der Waals surface area contributed by atoms with Gasteiger partial charge >= 0.3 is 0 Å². The quantitative estimate of drug-likeness (QED) is 0.434. The van der Waals surface area contributed by atoms with Gasteiger partial charge in [-0.15, -0.1) is 0 Å². The molecular weight excluding hydrogens is 264 g/mol. The fourth-order valence-corrected chi connectivity index (χ4v) is 2.86. The molecule has 0 amide bonds. The van der Waals surface area contributed by atoms with E-state index < -0.39 is 5.97 Å². The third-order valence-electron chi connectivity index (χ3n) is 4.10. The van der Waals surface area contributed by atoms with Crippen LogP contribution in [0.3, 0.4) is 0 Å². The lowest BCUT2D eigenvalue weighted by Crippen LogP contribution is -2.21. The molecule has 0 heterocycles. The monoisotopic (exact) mass is 291 g/mol. The summed E-state index contributed by atoms with van der Waals surface area (Å²) in [7, 11) is 0. The molecule has 0 spiro atoms. The number of unbranched alkanes of at least 4 members (excludes halogenated alkanes) is 4. The van der Waals surface area contributed by atoms with Gasteiger partial charge in [0.1, 0.15) is 0 Å². The Labute approximate surface area is 128 Å². The normalized spacial score (nSPS) is 21.5. The van der Waals surface area contributed by atoms with Gasteiger partial charge in [-0.2, -0.15) is 0 Å². The first-order valence-electron chi connectivity index (χ1n) is 8.22. The SMILES string of the molecule is CC/C=C/CC1C(=O)C=CC1CCCCCCCC(=O)[O-]. The second-order valence-corrected chi connectivity index (χ2v) is 5.83. The summed E-state index contributed by atoms with van der Waals surface area (Å²) in [4.78, 5) is 22.1. The molecule has 2 unspecified atom stereocenters. The standard InChI is InChI=1S/C18H28O3/c1-2-3-7-11-16-15(13-14-17(16)19)10-8-5-4-6-9-12-18(20)21/h3,7,13-16H,2,4-6,8-12H2,1H3,(H,20,21)/p-1/b7-3+. The van der Waals surface area contributed by atoms with Crippen molar-refractivity contribution in [2.45, 2.75) is 64.7 Å².